The molecule has 3 aromatic rings. The van der Waals surface area contributed by atoms with Gasteiger partial charge in [-0.2, -0.15) is 0 Å². The van der Waals surface area contributed by atoms with E-state index in [1.54, 1.807) is 0 Å². The zero-order chi connectivity index (χ0) is 27.1. The van der Waals surface area contributed by atoms with Gasteiger partial charge in [0.15, 0.2) is 0 Å². The third-order valence-electron chi connectivity index (χ3n) is 7.92. The average molecular weight is 537 g/mol. The van der Waals surface area contributed by atoms with Gasteiger partial charge in [0.25, 0.3) is 0 Å². The fourth-order valence-electron chi connectivity index (χ4n) is 5.17. The van der Waals surface area contributed by atoms with E-state index in [1.165, 1.54) is 23.0 Å². The summed E-state index contributed by atoms with van der Waals surface area (Å²) >= 11 is 0. The summed E-state index contributed by atoms with van der Waals surface area (Å²) in [4.78, 5) is 37.2. The number of ether oxygens (including phenoxy) is 1. The third-order valence-corrected chi connectivity index (χ3v) is 16.3. The van der Waals surface area contributed by atoms with Crippen LogP contribution in [-0.4, -0.2) is 38.1 Å². The molecule has 0 bridgehead atoms. The molecule has 37 heavy (non-hydrogen) atoms. The van der Waals surface area contributed by atoms with Crippen LogP contribution < -0.4 is 15.9 Å². The van der Waals surface area contributed by atoms with Gasteiger partial charge < -0.3 is 0 Å². The first kappa shape index (κ1) is 29.0. The van der Waals surface area contributed by atoms with Gasteiger partial charge in [0.05, 0.1) is 0 Å². The van der Waals surface area contributed by atoms with Gasteiger partial charge in [0, 0.05) is 0 Å². The zero-order valence-electron chi connectivity index (χ0n) is 22.7. The first-order chi connectivity index (χ1) is 17.5. The van der Waals surface area contributed by atoms with Gasteiger partial charge in [-0.1, -0.05) is 0 Å². The summed E-state index contributed by atoms with van der Waals surface area (Å²) in [6.07, 6.45) is 1.46. The Morgan fingerprint density at radius 2 is 1.22 bits per heavy atom. The molecule has 0 saturated heterocycles. The number of Topliss-reactive ketones (excluding diaryl/α,β-unsaturated/α-hetero) is 1. The summed E-state index contributed by atoms with van der Waals surface area (Å²) in [7, 11) is -3.84. The van der Waals surface area contributed by atoms with Crippen LogP contribution in [0.1, 0.15) is 33.1 Å². The molecule has 198 valence electrons. The summed E-state index contributed by atoms with van der Waals surface area (Å²) in [6, 6.07) is 31.2. The Morgan fingerprint density at radius 3 is 1.57 bits per heavy atom. The Hall–Kier alpha value is -2.59. The van der Waals surface area contributed by atoms with Gasteiger partial charge in [-0.15, -0.1) is 0 Å². The molecule has 0 aliphatic heterocycles. The van der Waals surface area contributed by atoms with Gasteiger partial charge >= 0.3 is 224 Å². The summed E-state index contributed by atoms with van der Waals surface area (Å²) in [5.74, 6) is -0.364. The molecule has 6 heteroatoms. The molecule has 1 atom stereocenters. The zero-order valence-corrected chi connectivity index (χ0v) is 24.7. The van der Waals surface area contributed by atoms with E-state index in [-0.39, 0.29) is 35.6 Å². The van der Waals surface area contributed by atoms with Crippen LogP contribution in [0.3, 0.4) is 0 Å². The molecule has 3 aromatic carbocycles. The second-order valence-electron chi connectivity index (χ2n) is 11.2. The van der Waals surface area contributed by atoms with E-state index >= 15 is 0 Å². The summed E-state index contributed by atoms with van der Waals surface area (Å²) < 4.78 is 4.98. The fourth-order valence-corrected chi connectivity index (χ4v) is 10.6. The second-order valence-corrected chi connectivity index (χ2v) is 19.6. The monoisotopic (exact) mass is 536 g/mol. The maximum atomic E-state index is 14.0. The number of rotatable bonds is 12. The van der Waals surface area contributed by atoms with E-state index in [2.05, 4.69) is 36.4 Å². The quantitative estimate of drug-likeness (QED) is 0.196. The van der Waals surface area contributed by atoms with E-state index in [0.29, 0.717) is 12.6 Å². The first-order valence-corrected chi connectivity index (χ1v) is 18.1. The van der Waals surface area contributed by atoms with Crippen LogP contribution in [0.2, 0.25) is 18.1 Å². The van der Waals surface area contributed by atoms with Crippen molar-refractivity contribution in [2.75, 3.05) is 13.3 Å². The molecular formula is C31H41O4PSi. The van der Waals surface area contributed by atoms with Gasteiger partial charge in [0.2, 0.25) is 0 Å². The van der Waals surface area contributed by atoms with E-state index < -0.39 is 15.6 Å². The Morgan fingerprint density at radius 1 is 0.811 bits per heavy atom. The van der Waals surface area contributed by atoms with Crippen molar-refractivity contribution in [3.8, 4) is 0 Å². The summed E-state index contributed by atoms with van der Waals surface area (Å²) in [5, 5.41) is 3.22. The minimum absolute atomic E-state index is 0.144. The average Bonchev–Trinajstić information content (AvgIpc) is 2.87. The van der Waals surface area contributed by atoms with Crippen molar-refractivity contribution in [2.45, 2.75) is 51.2 Å². The van der Waals surface area contributed by atoms with E-state index in [0.717, 1.165) is 0 Å². The van der Waals surface area contributed by atoms with Crippen molar-refractivity contribution in [1.82, 2.24) is 0 Å². The van der Waals surface area contributed by atoms with Crippen LogP contribution in [0, 0.1) is 5.92 Å². The number of esters is 1. The van der Waals surface area contributed by atoms with Crippen molar-refractivity contribution < 1.29 is 19.1 Å². The number of methoxy groups -OCH3 is 1. The summed E-state index contributed by atoms with van der Waals surface area (Å²) in [6.45, 7) is 7.93. The fraction of sp³-hybridized carbons (Fsp3) is 0.355. The molecule has 0 radical (unpaired) electrons. The van der Waals surface area contributed by atoms with Crippen molar-refractivity contribution in [1.29, 1.82) is 0 Å². The van der Waals surface area contributed by atoms with Crippen molar-refractivity contribution in [2.24, 2.45) is 5.92 Å². The third kappa shape index (κ3) is 7.04. The van der Waals surface area contributed by atoms with Crippen molar-refractivity contribution in [3.05, 3.63) is 91.0 Å². The predicted molar refractivity (Wildman–Crippen MR) is 160 cm³/mol. The molecule has 3 rings (SSSR count). The van der Waals surface area contributed by atoms with Crippen LogP contribution in [0.5, 0.6) is 0 Å². The van der Waals surface area contributed by atoms with Gasteiger partial charge in [-0.05, 0) is 0 Å². The second kappa shape index (κ2) is 12.3. The standard InChI is InChI=1S/C31H41O4PSi/c1-31(2,37(4,5)34)23-25(22-30(33)35-3)21-26(32)24-36(27-15-9-6-10-16-27,28-17-11-7-12-18-28)29-19-13-8-14-20-29/h6-20,25,34,36H,21-24H2,1-5H3/t25-/m1/s1. The van der Waals surface area contributed by atoms with Crippen LogP contribution in [0.4, 0.5) is 0 Å². The Balaban J connectivity index is 2.05. The normalized spacial score (nSPS) is 13.6. The number of benzene rings is 3. The molecule has 0 aromatic heterocycles. The Labute approximate surface area is 223 Å². The van der Waals surface area contributed by atoms with Crippen LogP contribution in [-0.2, 0) is 14.3 Å². The summed E-state index contributed by atoms with van der Waals surface area (Å²) in [5.41, 5.74) is 0. The molecule has 4 nitrogen and oxygen atoms in total. The van der Waals surface area contributed by atoms with Crippen molar-refractivity contribution >= 4 is 43.2 Å². The van der Waals surface area contributed by atoms with Crippen LogP contribution in [0.25, 0.3) is 0 Å². The molecule has 0 amide bonds. The molecular weight excluding hydrogens is 495 g/mol. The first-order valence-electron chi connectivity index (χ1n) is 13.0. The molecule has 0 spiro atoms. The Kier molecular flexibility index (Phi) is 9.63. The molecule has 0 unspecified atom stereocenters. The number of hydrogen-bond acceptors (Lipinski definition) is 4. The van der Waals surface area contributed by atoms with Crippen LogP contribution in [0.15, 0.2) is 91.0 Å². The minimum atomic E-state index is -2.70. The number of carbonyl (C=O) groups is 2. The number of carbonyl (C=O) groups excluding carboxylic acids is 2. The number of hydrogen-bond donors (Lipinski definition) is 1. The van der Waals surface area contributed by atoms with Crippen LogP contribution >= 0.6 is 7.26 Å². The molecule has 0 saturated carbocycles. The number of ketones is 1. The molecule has 1 N–H and O–H groups in total. The van der Waals surface area contributed by atoms with Crippen molar-refractivity contribution in [3.63, 3.8) is 0 Å². The van der Waals surface area contributed by atoms with Gasteiger partial charge in [-0.3, -0.25) is 0 Å². The van der Waals surface area contributed by atoms with E-state index in [1.807, 2.05) is 81.5 Å². The molecule has 0 fully saturated rings. The molecule has 0 aliphatic carbocycles. The van der Waals surface area contributed by atoms with Gasteiger partial charge in [-0.25, -0.2) is 0 Å². The van der Waals surface area contributed by atoms with E-state index in [9.17, 15) is 14.4 Å². The molecule has 0 heterocycles. The van der Waals surface area contributed by atoms with Gasteiger partial charge in [0.1, 0.15) is 0 Å². The predicted octanol–water partition coefficient (Wildman–Crippen LogP) is 5.22. The maximum absolute atomic E-state index is 14.0. The van der Waals surface area contributed by atoms with E-state index in [4.69, 9.17) is 4.74 Å². The topological polar surface area (TPSA) is 63.6 Å². The molecule has 0 aliphatic rings. The Bertz CT molecular complexity index is 1060. The SMILES string of the molecule is COC(=O)C[C@@H](CC(=O)C[PH](c1ccccc1)(c1ccccc1)c1ccccc1)CC(C)(C)[Si](C)(C)O.